The van der Waals surface area contributed by atoms with E-state index in [0.29, 0.717) is 23.0 Å². The van der Waals surface area contributed by atoms with Crippen molar-refractivity contribution in [2.45, 2.75) is 27.3 Å². The van der Waals surface area contributed by atoms with E-state index in [9.17, 15) is 9.59 Å². The average Bonchev–Trinajstić information content (AvgIpc) is 3.28. The number of nitrogens with one attached hydrogen (secondary N) is 1. The lowest BCUT2D eigenvalue weighted by Gasteiger charge is -2.09. The minimum Gasteiger partial charge on any atom is -0.497 e. The smallest absolute Gasteiger partial charge is 0.339 e. The summed E-state index contributed by atoms with van der Waals surface area (Å²) in [4.78, 5) is 29.0. The summed E-state index contributed by atoms with van der Waals surface area (Å²) < 4.78 is 12.0. The summed E-state index contributed by atoms with van der Waals surface area (Å²) in [6.07, 6.45) is 0. The third kappa shape index (κ3) is 4.65. The van der Waals surface area contributed by atoms with E-state index in [2.05, 4.69) is 10.3 Å². The number of anilines is 1. The molecular formula is C21H23N3O4S. The lowest BCUT2D eigenvalue weighted by molar-refractivity contribution is -0.116. The standard InChI is InChI=1S/C21H23N3O4S/c1-5-28-20(26)17-10-13(2)24(14(17)3)11-19(25)23-21-22-18(12-29-21)15-6-8-16(27-4)9-7-15/h6-10,12H,5,11H2,1-4H3,(H,22,23,25). The maximum absolute atomic E-state index is 12.5. The molecule has 0 aliphatic heterocycles. The summed E-state index contributed by atoms with van der Waals surface area (Å²) in [6.45, 7) is 5.82. The molecule has 152 valence electrons. The van der Waals surface area contributed by atoms with Gasteiger partial charge in [0.05, 0.1) is 25.0 Å². The molecule has 0 atom stereocenters. The second-order valence-corrected chi connectivity index (χ2v) is 7.26. The number of hydrogen-bond donors (Lipinski definition) is 1. The van der Waals surface area contributed by atoms with E-state index in [-0.39, 0.29) is 18.4 Å². The summed E-state index contributed by atoms with van der Waals surface area (Å²) >= 11 is 1.36. The Bertz CT molecular complexity index is 1020. The van der Waals surface area contributed by atoms with Crippen molar-refractivity contribution >= 4 is 28.3 Å². The van der Waals surface area contributed by atoms with Gasteiger partial charge in [0.2, 0.25) is 5.91 Å². The maximum atomic E-state index is 12.5. The van der Waals surface area contributed by atoms with E-state index in [4.69, 9.17) is 9.47 Å². The Morgan fingerprint density at radius 2 is 1.93 bits per heavy atom. The number of carbonyl (C=O) groups excluding carboxylic acids is 2. The van der Waals surface area contributed by atoms with E-state index >= 15 is 0 Å². The van der Waals surface area contributed by atoms with Crippen LogP contribution in [0.1, 0.15) is 28.7 Å². The summed E-state index contributed by atoms with van der Waals surface area (Å²) in [6, 6.07) is 9.31. The Hall–Kier alpha value is -3.13. The highest BCUT2D eigenvalue weighted by Crippen LogP contribution is 2.26. The number of carbonyl (C=O) groups is 2. The first-order valence-electron chi connectivity index (χ1n) is 9.16. The number of nitrogens with zero attached hydrogens (tertiary/aromatic N) is 2. The Balaban J connectivity index is 1.69. The van der Waals surface area contributed by atoms with Crippen LogP contribution in [0.3, 0.4) is 0 Å². The average molecular weight is 413 g/mol. The number of ether oxygens (including phenoxy) is 2. The van der Waals surface area contributed by atoms with E-state index in [1.54, 1.807) is 31.6 Å². The number of aromatic nitrogens is 2. The van der Waals surface area contributed by atoms with Crippen LogP contribution in [0, 0.1) is 13.8 Å². The molecule has 2 heterocycles. The topological polar surface area (TPSA) is 82.5 Å². The molecule has 1 N–H and O–H groups in total. The van der Waals surface area contributed by atoms with Crippen LogP contribution in [0.25, 0.3) is 11.3 Å². The molecule has 1 aromatic carbocycles. The number of esters is 1. The van der Waals surface area contributed by atoms with Gasteiger partial charge in [0.1, 0.15) is 12.3 Å². The molecule has 1 amide bonds. The van der Waals surface area contributed by atoms with Gasteiger partial charge in [-0.05, 0) is 51.1 Å². The molecule has 0 aliphatic carbocycles. The molecule has 0 radical (unpaired) electrons. The largest absolute Gasteiger partial charge is 0.497 e. The molecule has 29 heavy (non-hydrogen) atoms. The molecule has 0 saturated heterocycles. The number of methoxy groups -OCH3 is 1. The van der Waals surface area contributed by atoms with E-state index in [1.165, 1.54) is 11.3 Å². The van der Waals surface area contributed by atoms with Gasteiger partial charge in [0, 0.05) is 22.3 Å². The fraction of sp³-hybridized carbons (Fsp3) is 0.286. The molecular weight excluding hydrogens is 390 g/mol. The van der Waals surface area contributed by atoms with Crippen molar-refractivity contribution in [3.05, 3.63) is 52.7 Å². The van der Waals surface area contributed by atoms with Gasteiger partial charge in [-0.2, -0.15) is 0 Å². The second-order valence-electron chi connectivity index (χ2n) is 6.41. The number of rotatable bonds is 7. The normalized spacial score (nSPS) is 10.6. The van der Waals surface area contributed by atoms with Crippen LogP contribution in [0.5, 0.6) is 5.75 Å². The highest BCUT2D eigenvalue weighted by molar-refractivity contribution is 7.14. The van der Waals surface area contributed by atoms with Crippen molar-refractivity contribution in [1.29, 1.82) is 0 Å². The summed E-state index contributed by atoms with van der Waals surface area (Å²) in [7, 11) is 1.62. The van der Waals surface area contributed by atoms with Gasteiger partial charge in [0.25, 0.3) is 0 Å². The third-order valence-corrected chi connectivity index (χ3v) is 5.26. The monoisotopic (exact) mass is 413 g/mol. The van der Waals surface area contributed by atoms with Gasteiger partial charge in [-0.15, -0.1) is 11.3 Å². The summed E-state index contributed by atoms with van der Waals surface area (Å²) in [5.74, 6) is 0.186. The Kier molecular flexibility index (Phi) is 6.33. The van der Waals surface area contributed by atoms with Crippen LogP contribution in [0.4, 0.5) is 5.13 Å². The van der Waals surface area contributed by atoms with Gasteiger partial charge >= 0.3 is 5.97 Å². The zero-order valence-electron chi connectivity index (χ0n) is 16.8. The van der Waals surface area contributed by atoms with Crippen molar-refractivity contribution in [2.75, 3.05) is 19.0 Å². The van der Waals surface area contributed by atoms with Crippen LogP contribution < -0.4 is 10.1 Å². The second kappa shape index (κ2) is 8.91. The number of aryl methyl sites for hydroxylation is 1. The number of amides is 1. The van der Waals surface area contributed by atoms with Crippen molar-refractivity contribution in [2.24, 2.45) is 0 Å². The Labute approximate surface area is 173 Å². The molecule has 7 nitrogen and oxygen atoms in total. The van der Waals surface area contributed by atoms with Crippen LogP contribution in [-0.4, -0.2) is 35.1 Å². The summed E-state index contributed by atoms with van der Waals surface area (Å²) in [5.41, 5.74) is 3.73. The highest BCUT2D eigenvalue weighted by atomic mass is 32.1. The zero-order chi connectivity index (χ0) is 21.0. The van der Waals surface area contributed by atoms with Crippen LogP contribution >= 0.6 is 11.3 Å². The molecule has 8 heteroatoms. The van der Waals surface area contributed by atoms with E-state index in [1.807, 2.05) is 36.6 Å². The first kappa shape index (κ1) is 20.6. The SMILES string of the molecule is CCOC(=O)c1cc(C)n(CC(=O)Nc2nc(-c3ccc(OC)cc3)cs2)c1C. The molecule has 3 aromatic rings. The Morgan fingerprint density at radius 1 is 1.21 bits per heavy atom. The maximum Gasteiger partial charge on any atom is 0.339 e. The van der Waals surface area contributed by atoms with Crippen LogP contribution in [0.15, 0.2) is 35.7 Å². The Morgan fingerprint density at radius 3 is 2.59 bits per heavy atom. The molecule has 0 bridgehead atoms. The van der Waals surface area contributed by atoms with Crippen LogP contribution in [0.2, 0.25) is 0 Å². The predicted octanol–water partition coefficient (Wildman–Crippen LogP) is 4.05. The first-order valence-corrected chi connectivity index (χ1v) is 10.0. The number of thiazole rings is 1. The van der Waals surface area contributed by atoms with E-state index < -0.39 is 0 Å². The van der Waals surface area contributed by atoms with Gasteiger partial charge in [-0.25, -0.2) is 9.78 Å². The van der Waals surface area contributed by atoms with Crippen LogP contribution in [-0.2, 0) is 16.1 Å². The van der Waals surface area contributed by atoms with Crippen molar-refractivity contribution in [1.82, 2.24) is 9.55 Å². The molecule has 0 fully saturated rings. The molecule has 0 aliphatic rings. The quantitative estimate of drug-likeness (QED) is 0.591. The number of hydrogen-bond acceptors (Lipinski definition) is 6. The first-order chi connectivity index (χ1) is 13.9. The fourth-order valence-corrected chi connectivity index (χ4v) is 3.72. The molecule has 0 spiro atoms. The van der Waals surface area contributed by atoms with E-state index in [0.717, 1.165) is 22.7 Å². The van der Waals surface area contributed by atoms with Crippen molar-refractivity contribution in [3.8, 4) is 17.0 Å². The fourth-order valence-electron chi connectivity index (χ4n) is 2.99. The van der Waals surface area contributed by atoms with Crippen molar-refractivity contribution < 1.29 is 19.1 Å². The molecule has 0 saturated carbocycles. The lowest BCUT2D eigenvalue weighted by atomic mass is 10.2. The highest BCUT2D eigenvalue weighted by Gasteiger charge is 2.18. The van der Waals surface area contributed by atoms with Gasteiger partial charge < -0.3 is 19.4 Å². The summed E-state index contributed by atoms with van der Waals surface area (Å²) in [5, 5.41) is 5.24. The molecule has 0 unspecified atom stereocenters. The molecule has 2 aromatic heterocycles. The van der Waals surface area contributed by atoms with Gasteiger partial charge in [-0.3, -0.25) is 4.79 Å². The van der Waals surface area contributed by atoms with Gasteiger partial charge in [-0.1, -0.05) is 0 Å². The van der Waals surface area contributed by atoms with Gasteiger partial charge in [0.15, 0.2) is 5.13 Å². The lowest BCUT2D eigenvalue weighted by Crippen LogP contribution is -2.20. The predicted molar refractivity (Wildman–Crippen MR) is 113 cm³/mol. The minimum absolute atomic E-state index is 0.0918. The zero-order valence-corrected chi connectivity index (χ0v) is 17.6. The van der Waals surface area contributed by atoms with Crippen molar-refractivity contribution in [3.63, 3.8) is 0 Å². The minimum atomic E-state index is -0.378. The number of benzene rings is 1. The molecule has 3 rings (SSSR count). The third-order valence-electron chi connectivity index (χ3n) is 4.51.